The molecule has 2 heterocycles. The third-order valence-corrected chi connectivity index (χ3v) is 4.27. The predicted octanol–water partition coefficient (Wildman–Crippen LogP) is -0.650. The van der Waals surface area contributed by atoms with Crippen LogP contribution in [0.2, 0.25) is 0 Å². The second-order valence-corrected chi connectivity index (χ2v) is 5.76. The standard InChI is InChI=1S/C13H26N4O/c1-13(12(18)14-2)3-6-17(11-13)10-9-16-7-4-15-5-8-16/h15H,3-11H2,1-2H3,(H,14,18). The Kier molecular flexibility index (Phi) is 4.59. The van der Waals surface area contributed by atoms with Gasteiger partial charge in [-0.2, -0.15) is 0 Å². The molecule has 2 N–H and O–H groups in total. The van der Waals surface area contributed by atoms with Crippen LogP contribution in [0, 0.1) is 5.41 Å². The summed E-state index contributed by atoms with van der Waals surface area (Å²) in [6.07, 6.45) is 0.980. The monoisotopic (exact) mass is 254 g/mol. The highest BCUT2D eigenvalue weighted by Crippen LogP contribution is 2.29. The molecule has 0 aliphatic carbocycles. The Bertz CT molecular complexity index is 291. The molecule has 0 aromatic rings. The van der Waals surface area contributed by atoms with Gasteiger partial charge < -0.3 is 15.5 Å². The van der Waals surface area contributed by atoms with Crippen molar-refractivity contribution in [3.8, 4) is 0 Å². The van der Waals surface area contributed by atoms with Crippen LogP contribution in [0.4, 0.5) is 0 Å². The zero-order valence-corrected chi connectivity index (χ0v) is 11.7. The van der Waals surface area contributed by atoms with Gasteiger partial charge in [0.1, 0.15) is 0 Å². The number of nitrogens with zero attached hydrogens (tertiary/aromatic N) is 2. The fraction of sp³-hybridized carbons (Fsp3) is 0.923. The van der Waals surface area contributed by atoms with Crippen LogP contribution in [-0.4, -0.2) is 75.1 Å². The van der Waals surface area contributed by atoms with E-state index in [4.69, 9.17) is 0 Å². The van der Waals surface area contributed by atoms with Gasteiger partial charge in [0.05, 0.1) is 5.41 Å². The number of hydrogen-bond acceptors (Lipinski definition) is 4. The summed E-state index contributed by atoms with van der Waals surface area (Å²) in [5, 5.41) is 6.16. The van der Waals surface area contributed by atoms with Gasteiger partial charge >= 0.3 is 0 Å². The number of likely N-dealkylation sites (tertiary alicyclic amines) is 1. The molecule has 2 fully saturated rings. The Morgan fingerprint density at radius 3 is 2.56 bits per heavy atom. The van der Waals surface area contributed by atoms with Crippen molar-refractivity contribution in [2.75, 3.05) is 59.4 Å². The van der Waals surface area contributed by atoms with Gasteiger partial charge in [0.15, 0.2) is 0 Å². The molecular formula is C13H26N4O. The van der Waals surface area contributed by atoms with Crippen molar-refractivity contribution in [3.63, 3.8) is 0 Å². The first-order valence-corrected chi connectivity index (χ1v) is 7.02. The lowest BCUT2D eigenvalue weighted by Gasteiger charge is -2.29. The highest BCUT2D eigenvalue weighted by molar-refractivity contribution is 5.82. The molecule has 0 aromatic heterocycles. The molecule has 2 rings (SSSR count). The third-order valence-electron chi connectivity index (χ3n) is 4.27. The minimum Gasteiger partial charge on any atom is -0.359 e. The van der Waals surface area contributed by atoms with Crippen LogP contribution in [0.1, 0.15) is 13.3 Å². The van der Waals surface area contributed by atoms with E-state index in [2.05, 4.69) is 27.4 Å². The zero-order valence-electron chi connectivity index (χ0n) is 11.7. The Morgan fingerprint density at radius 1 is 1.22 bits per heavy atom. The summed E-state index contributed by atoms with van der Waals surface area (Å²) in [7, 11) is 1.73. The summed E-state index contributed by atoms with van der Waals surface area (Å²) in [6.45, 7) is 10.8. The van der Waals surface area contributed by atoms with Crippen LogP contribution < -0.4 is 10.6 Å². The molecule has 18 heavy (non-hydrogen) atoms. The van der Waals surface area contributed by atoms with Gasteiger partial charge in [-0.1, -0.05) is 0 Å². The molecule has 0 bridgehead atoms. The highest BCUT2D eigenvalue weighted by Gasteiger charge is 2.39. The first-order chi connectivity index (χ1) is 8.64. The highest BCUT2D eigenvalue weighted by atomic mass is 16.2. The van der Waals surface area contributed by atoms with E-state index < -0.39 is 0 Å². The van der Waals surface area contributed by atoms with Crippen LogP contribution in [0.25, 0.3) is 0 Å². The lowest BCUT2D eigenvalue weighted by Crippen LogP contribution is -2.46. The van der Waals surface area contributed by atoms with Crippen molar-refractivity contribution in [1.82, 2.24) is 20.4 Å². The molecular weight excluding hydrogens is 228 g/mol. The maximum atomic E-state index is 11.8. The largest absolute Gasteiger partial charge is 0.359 e. The topological polar surface area (TPSA) is 47.6 Å². The Labute approximate surface area is 110 Å². The van der Waals surface area contributed by atoms with Crippen LogP contribution in [-0.2, 0) is 4.79 Å². The molecule has 2 saturated heterocycles. The van der Waals surface area contributed by atoms with E-state index in [-0.39, 0.29) is 11.3 Å². The van der Waals surface area contributed by atoms with Gasteiger partial charge in [-0.15, -0.1) is 0 Å². The summed E-state index contributed by atoms with van der Waals surface area (Å²) < 4.78 is 0. The maximum Gasteiger partial charge on any atom is 0.227 e. The van der Waals surface area contributed by atoms with Gasteiger partial charge in [0, 0.05) is 52.9 Å². The molecule has 5 nitrogen and oxygen atoms in total. The number of rotatable bonds is 4. The number of hydrogen-bond donors (Lipinski definition) is 2. The molecule has 1 atom stereocenters. The van der Waals surface area contributed by atoms with E-state index in [1.54, 1.807) is 7.05 Å². The molecule has 1 amide bonds. The molecule has 104 valence electrons. The van der Waals surface area contributed by atoms with Crippen LogP contribution in [0.15, 0.2) is 0 Å². The van der Waals surface area contributed by atoms with E-state index >= 15 is 0 Å². The molecule has 5 heteroatoms. The number of piperazine rings is 1. The summed E-state index contributed by atoms with van der Waals surface area (Å²) in [4.78, 5) is 16.8. The minimum atomic E-state index is -0.182. The fourth-order valence-electron chi connectivity index (χ4n) is 2.95. The first kappa shape index (κ1) is 13.8. The first-order valence-electron chi connectivity index (χ1n) is 7.02. The van der Waals surface area contributed by atoms with Crippen LogP contribution in [0.5, 0.6) is 0 Å². The zero-order chi connectivity index (χ0) is 13.0. The number of carbonyl (C=O) groups excluding carboxylic acids is 1. The average Bonchev–Trinajstić information content (AvgIpc) is 2.80. The van der Waals surface area contributed by atoms with Gasteiger partial charge in [0.25, 0.3) is 0 Å². The second-order valence-electron chi connectivity index (χ2n) is 5.76. The number of nitrogens with one attached hydrogen (secondary N) is 2. The van der Waals surface area contributed by atoms with Crippen molar-refractivity contribution in [2.24, 2.45) is 5.41 Å². The van der Waals surface area contributed by atoms with Crippen molar-refractivity contribution in [3.05, 3.63) is 0 Å². The van der Waals surface area contributed by atoms with E-state index in [9.17, 15) is 4.79 Å². The molecule has 0 radical (unpaired) electrons. The predicted molar refractivity (Wildman–Crippen MR) is 72.5 cm³/mol. The number of amides is 1. The summed E-state index contributed by atoms with van der Waals surface area (Å²) in [5.41, 5.74) is -0.182. The summed E-state index contributed by atoms with van der Waals surface area (Å²) >= 11 is 0. The smallest absolute Gasteiger partial charge is 0.227 e. The van der Waals surface area contributed by atoms with Gasteiger partial charge in [-0.25, -0.2) is 0 Å². The molecule has 0 spiro atoms. The summed E-state index contributed by atoms with van der Waals surface area (Å²) in [5.74, 6) is 0.187. The van der Waals surface area contributed by atoms with E-state index in [0.29, 0.717) is 0 Å². The fourth-order valence-corrected chi connectivity index (χ4v) is 2.95. The van der Waals surface area contributed by atoms with Crippen molar-refractivity contribution in [1.29, 1.82) is 0 Å². The molecule has 1 unspecified atom stereocenters. The normalized spacial score (nSPS) is 30.6. The number of carbonyl (C=O) groups is 1. The van der Waals surface area contributed by atoms with Crippen molar-refractivity contribution in [2.45, 2.75) is 13.3 Å². The van der Waals surface area contributed by atoms with Crippen LogP contribution in [0.3, 0.4) is 0 Å². The average molecular weight is 254 g/mol. The summed E-state index contributed by atoms with van der Waals surface area (Å²) in [6, 6.07) is 0. The maximum absolute atomic E-state index is 11.8. The molecule has 2 aliphatic heterocycles. The van der Waals surface area contributed by atoms with E-state index in [0.717, 1.165) is 58.8 Å². The lowest BCUT2D eigenvalue weighted by atomic mass is 9.89. The Hall–Kier alpha value is -0.650. The van der Waals surface area contributed by atoms with Crippen LogP contribution >= 0.6 is 0 Å². The second kappa shape index (κ2) is 5.99. The van der Waals surface area contributed by atoms with E-state index in [1.807, 2.05) is 0 Å². The Morgan fingerprint density at radius 2 is 1.89 bits per heavy atom. The van der Waals surface area contributed by atoms with Crippen molar-refractivity contribution >= 4 is 5.91 Å². The van der Waals surface area contributed by atoms with E-state index in [1.165, 1.54) is 0 Å². The third kappa shape index (κ3) is 3.22. The molecule has 0 aromatic carbocycles. The molecule has 0 saturated carbocycles. The quantitative estimate of drug-likeness (QED) is 0.700. The Balaban J connectivity index is 1.73. The SMILES string of the molecule is CNC(=O)C1(C)CCN(CCN2CCNCC2)C1. The van der Waals surface area contributed by atoms with Gasteiger partial charge in [0.2, 0.25) is 5.91 Å². The van der Waals surface area contributed by atoms with Gasteiger partial charge in [-0.05, 0) is 19.9 Å². The minimum absolute atomic E-state index is 0.182. The lowest BCUT2D eigenvalue weighted by molar-refractivity contribution is -0.129. The molecule has 2 aliphatic rings. The van der Waals surface area contributed by atoms with Gasteiger partial charge in [-0.3, -0.25) is 9.69 Å². The van der Waals surface area contributed by atoms with Crippen molar-refractivity contribution < 1.29 is 4.79 Å².